The normalized spacial score (nSPS) is 11.4. The Morgan fingerprint density at radius 1 is 0.778 bits per heavy atom. The smallest absolute Gasteiger partial charge is 0.204 e. The van der Waals surface area contributed by atoms with E-state index in [1.807, 2.05) is 61.5 Å². The molecular weight excluding hydrogens is 350 g/mol. The molecule has 1 heterocycles. The van der Waals surface area contributed by atoms with E-state index in [0.29, 0.717) is 0 Å². The number of anilines is 1. The third-order valence-electron chi connectivity index (χ3n) is 4.22. The molecule has 0 bridgehead atoms. The second kappa shape index (κ2) is 7.98. The summed E-state index contributed by atoms with van der Waals surface area (Å²) in [4.78, 5) is 5.96. The van der Waals surface area contributed by atoms with Crippen molar-refractivity contribution in [1.82, 2.24) is 4.98 Å². The maximum absolute atomic E-state index is 4.82. The van der Waals surface area contributed by atoms with E-state index in [4.69, 9.17) is 4.98 Å². The first-order chi connectivity index (χ1) is 13.3. The molecule has 0 spiro atoms. The molecule has 4 rings (SSSR count). The minimum Gasteiger partial charge on any atom is -0.252 e. The molecule has 3 nitrogen and oxygen atoms in total. The maximum atomic E-state index is 4.82. The van der Waals surface area contributed by atoms with Gasteiger partial charge in [-0.15, -0.1) is 0 Å². The van der Waals surface area contributed by atoms with E-state index >= 15 is 0 Å². The Labute approximate surface area is 163 Å². The van der Waals surface area contributed by atoms with Crippen LogP contribution in [0.5, 0.6) is 0 Å². The van der Waals surface area contributed by atoms with Gasteiger partial charge >= 0.3 is 0 Å². The van der Waals surface area contributed by atoms with E-state index in [2.05, 4.69) is 46.9 Å². The van der Waals surface area contributed by atoms with Gasteiger partial charge in [0.25, 0.3) is 0 Å². The van der Waals surface area contributed by atoms with E-state index < -0.39 is 0 Å². The molecule has 4 aromatic rings. The first-order valence-electron chi connectivity index (χ1n) is 8.78. The van der Waals surface area contributed by atoms with Crippen LogP contribution in [0.4, 0.5) is 5.13 Å². The Balaban J connectivity index is 1.69. The van der Waals surface area contributed by atoms with Crippen molar-refractivity contribution >= 4 is 22.2 Å². The lowest BCUT2D eigenvalue weighted by Crippen LogP contribution is -1.99. The average molecular weight is 369 g/mol. The Morgan fingerprint density at radius 2 is 1.33 bits per heavy atom. The SMILES string of the molecule is C/C(=N\Nc1nc(-c2ccccc2)c(-c2ccccc2)s1)c1ccccc1. The van der Waals surface area contributed by atoms with Gasteiger partial charge in [-0.1, -0.05) is 102 Å². The van der Waals surface area contributed by atoms with Crippen molar-refractivity contribution in [1.29, 1.82) is 0 Å². The summed E-state index contributed by atoms with van der Waals surface area (Å²) in [5.41, 5.74) is 8.39. The fourth-order valence-corrected chi connectivity index (χ4v) is 3.76. The molecule has 0 aliphatic carbocycles. The number of hydrogen-bond donors (Lipinski definition) is 1. The first-order valence-corrected chi connectivity index (χ1v) is 9.60. The fraction of sp³-hybridized carbons (Fsp3) is 0.0435. The quantitative estimate of drug-likeness (QED) is 0.330. The van der Waals surface area contributed by atoms with Crippen molar-refractivity contribution in [2.45, 2.75) is 6.92 Å². The number of hydrazone groups is 1. The maximum Gasteiger partial charge on any atom is 0.204 e. The van der Waals surface area contributed by atoms with Gasteiger partial charge in [-0.3, -0.25) is 5.43 Å². The minimum atomic E-state index is 0.781. The number of hydrogen-bond acceptors (Lipinski definition) is 4. The zero-order valence-corrected chi connectivity index (χ0v) is 15.8. The molecule has 0 amide bonds. The lowest BCUT2D eigenvalue weighted by atomic mass is 10.1. The van der Waals surface area contributed by atoms with Crippen LogP contribution in [-0.4, -0.2) is 10.7 Å². The van der Waals surface area contributed by atoms with Crippen LogP contribution in [-0.2, 0) is 0 Å². The standard InChI is InChI=1S/C23H19N3S/c1-17(18-11-5-2-6-12-18)25-26-23-24-21(19-13-7-3-8-14-19)22(27-23)20-15-9-4-10-16-20/h2-16H,1H3,(H,24,26)/b25-17+. The molecule has 132 valence electrons. The Morgan fingerprint density at radius 3 is 1.96 bits per heavy atom. The molecular formula is C23H19N3S. The highest BCUT2D eigenvalue weighted by atomic mass is 32.1. The zero-order chi connectivity index (χ0) is 18.5. The summed E-state index contributed by atoms with van der Waals surface area (Å²) in [7, 11) is 0. The molecule has 27 heavy (non-hydrogen) atoms. The van der Waals surface area contributed by atoms with Gasteiger partial charge in [0.1, 0.15) is 0 Å². The molecule has 0 aliphatic rings. The van der Waals surface area contributed by atoms with Crippen molar-refractivity contribution in [3.05, 3.63) is 96.6 Å². The van der Waals surface area contributed by atoms with Gasteiger partial charge in [-0.05, 0) is 18.1 Å². The predicted molar refractivity (Wildman–Crippen MR) is 115 cm³/mol. The van der Waals surface area contributed by atoms with Crippen molar-refractivity contribution in [3.63, 3.8) is 0 Å². The zero-order valence-electron chi connectivity index (χ0n) is 15.0. The molecule has 0 aliphatic heterocycles. The Bertz CT molecular complexity index is 982. The molecule has 3 aromatic carbocycles. The van der Waals surface area contributed by atoms with Crippen LogP contribution in [0.3, 0.4) is 0 Å². The van der Waals surface area contributed by atoms with Gasteiger partial charge in [-0.2, -0.15) is 5.10 Å². The van der Waals surface area contributed by atoms with Gasteiger partial charge in [0.2, 0.25) is 5.13 Å². The average Bonchev–Trinajstić information content (AvgIpc) is 3.18. The van der Waals surface area contributed by atoms with Gasteiger partial charge in [0.05, 0.1) is 16.3 Å². The Kier molecular flexibility index (Phi) is 5.08. The molecule has 0 fully saturated rings. The molecule has 0 saturated heterocycles. The van der Waals surface area contributed by atoms with Crippen LogP contribution in [0.15, 0.2) is 96.1 Å². The molecule has 0 atom stereocenters. The Hall–Kier alpha value is -3.24. The third kappa shape index (κ3) is 3.96. The highest BCUT2D eigenvalue weighted by Gasteiger charge is 2.14. The highest BCUT2D eigenvalue weighted by Crippen LogP contribution is 2.38. The summed E-state index contributed by atoms with van der Waals surface area (Å²) in [6, 6.07) is 30.7. The molecule has 1 aromatic heterocycles. The van der Waals surface area contributed by atoms with Gasteiger partial charge in [-0.25, -0.2) is 4.98 Å². The lowest BCUT2D eigenvalue weighted by Gasteiger charge is -2.02. The van der Waals surface area contributed by atoms with Gasteiger partial charge in [0.15, 0.2) is 0 Å². The van der Waals surface area contributed by atoms with E-state index in [1.54, 1.807) is 11.3 Å². The summed E-state index contributed by atoms with van der Waals surface area (Å²) < 4.78 is 0. The summed E-state index contributed by atoms with van der Waals surface area (Å²) in [6.07, 6.45) is 0. The second-order valence-electron chi connectivity index (χ2n) is 6.10. The summed E-state index contributed by atoms with van der Waals surface area (Å²) in [5, 5.41) is 5.30. The number of nitrogens with zero attached hydrogens (tertiary/aromatic N) is 2. The largest absolute Gasteiger partial charge is 0.252 e. The van der Waals surface area contributed by atoms with E-state index in [1.165, 1.54) is 0 Å². The number of nitrogens with one attached hydrogen (secondary N) is 1. The molecule has 4 heteroatoms. The topological polar surface area (TPSA) is 37.3 Å². The number of rotatable bonds is 5. The van der Waals surface area contributed by atoms with Crippen molar-refractivity contribution in [2.24, 2.45) is 5.10 Å². The molecule has 0 radical (unpaired) electrons. The van der Waals surface area contributed by atoms with Crippen LogP contribution in [0.25, 0.3) is 21.7 Å². The van der Waals surface area contributed by atoms with Crippen LogP contribution in [0, 0.1) is 0 Å². The van der Waals surface area contributed by atoms with Crippen LogP contribution in [0.1, 0.15) is 12.5 Å². The first kappa shape index (κ1) is 17.2. The summed E-state index contributed by atoms with van der Waals surface area (Å²) in [5.74, 6) is 0. The van der Waals surface area contributed by atoms with Crippen molar-refractivity contribution in [2.75, 3.05) is 5.43 Å². The number of aromatic nitrogens is 1. The van der Waals surface area contributed by atoms with E-state index in [-0.39, 0.29) is 0 Å². The van der Waals surface area contributed by atoms with Crippen LogP contribution < -0.4 is 5.43 Å². The van der Waals surface area contributed by atoms with Crippen molar-refractivity contribution < 1.29 is 0 Å². The molecule has 0 unspecified atom stereocenters. The lowest BCUT2D eigenvalue weighted by molar-refractivity contribution is 1.27. The summed E-state index contributed by atoms with van der Waals surface area (Å²) >= 11 is 1.62. The molecule has 0 saturated carbocycles. The highest BCUT2D eigenvalue weighted by molar-refractivity contribution is 7.19. The van der Waals surface area contributed by atoms with Gasteiger partial charge in [0, 0.05) is 5.56 Å². The van der Waals surface area contributed by atoms with Gasteiger partial charge < -0.3 is 0 Å². The second-order valence-corrected chi connectivity index (χ2v) is 7.10. The third-order valence-corrected chi connectivity index (χ3v) is 5.23. The molecule has 1 N–H and O–H groups in total. The minimum absolute atomic E-state index is 0.781. The fourth-order valence-electron chi connectivity index (χ4n) is 2.82. The predicted octanol–water partition coefficient (Wildman–Crippen LogP) is 6.31. The number of benzene rings is 3. The van der Waals surface area contributed by atoms with E-state index in [9.17, 15) is 0 Å². The monoisotopic (exact) mass is 369 g/mol. The van der Waals surface area contributed by atoms with Crippen LogP contribution >= 0.6 is 11.3 Å². The van der Waals surface area contributed by atoms with Crippen LogP contribution in [0.2, 0.25) is 0 Å². The summed E-state index contributed by atoms with van der Waals surface area (Å²) in [6.45, 7) is 1.99. The number of thiazole rings is 1. The van der Waals surface area contributed by atoms with E-state index in [0.717, 1.165) is 38.1 Å². The van der Waals surface area contributed by atoms with Crippen molar-refractivity contribution in [3.8, 4) is 21.7 Å².